The Bertz CT molecular complexity index is 1770. The maximum Gasteiger partial charge on any atom is 0.362 e. The summed E-state index contributed by atoms with van der Waals surface area (Å²) in [6.45, 7) is 0. The van der Waals surface area contributed by atoms with Crippen LogP contribution in [0.5, 0.6) is 0 Å². The summed E-state index contributed by atoms with van der Waals surface area (Å²) >= 11 is 6.00. The predicted molar refractivity (Wildman–Crippen MR) is 110 cm³/mol. The zero-order valence-corrected chi connectivity index (χ0v) is 17.2. The van der Waals surface area contributed by atoms with Gasteiger partial charge in [0.15, 0.2) is 0 Å². The highest BCUT2D eigenvalue weighted by atomic mass is 35.5. The molecule has 3 aromatic heterocycles. The minimum absolute atomic E-state index is 0.0719. The lowest BCUT2D eigenvalue weighted by Gasteiger charge is -2.10. The minimum atomic E-state index is -4.47. The number of hydrogen-bond acceptors (Lipinski definition) is 7. The molecule has 0 spiro atoms. The molecular formula is C19H10ClFN4O6S. The first-order chi connectivity index (χ1) is 15.2. The van der Waals surface area contributed by atoms with Gasteiger partial charge in [-0.2, -0.15) is 5.10 Å². The Kier molecular flexibility index (Phi) is 4.26. The maximum absolute atomic E-state index is 14.8. The lowest BCUT2D eigenvalue weighted by atomic mass is 10.2. The normalized spacial score (nSPS) is 12.1. The number of nitrogens with zero attached hydrogens (tertiary/aromatic N) is 3. The number of fused-ring (bicyclic) bond motifs is 2. The smallest absolute Gasteiger partial charge is 0.362 e. The summed E-state index contributed by atoms with van der Waals surface area (Å²) in [7, 11) is -4.47. The highest BCUT2D eigenvalue weighted by Gasteiger charge is 2.26. The quantitative estimate of drug-likeness (QED) is 0.381. The molecule has 0 amide bonds. The Labute approximate surface area is 181 Å². The minimum Gasteiger partial charge on any atom is -0.470 e. The predicted octanol–water partition coefficient (Wildman–Crippen LogP) is 2.48. The fraction of sp³-hybridized carbons (Fsp3) is 0. The van der Waals surface area contributed by atoms with E-state index in [0.717, 1.165) is 18.2 Å². The number of nitrogens with one attached hydrogen (secondary N) is 1. The summed E-state index contributed by atoms with van der Waals surface area (Å²) in [6.07, 6.45) is 3.97. The third-order valence-electron chi connectivity index (χ3n) is 4.91. The van der Waals surface area contributed by atoms with Crippen molar-refractivity contribution in [3.05, 3.63) is 80.7 Å². The second-order valence-electron chi connectivity index (χ2n) is 6.72. The molecule has 5 aromatic rings. The van der Waals surface area contributed by atoms with E-state index in [9.17, 15) is 27.6 Å². The van der Waals surface area contributed by atoms with Gasteiger partial charge in [0.2, 0.25) is 9.84 Å². The van der Waals surface area contributed by atoms with Crippen LogP contribution < -0.4 is 11.2 Å². The van der Waals surface area contributed by atoms with Crippen LogP contribution in [-0.4, -0.2) is 33.1 Å². The molecule has 162 valence electrons. The molecule has 2 N–H and O–H groups in total. The molecule has 3 heterocycles. The molecule has 13 heteroatoms. The molecule has 5 rings (SSSR count). The van der Waals surface area contributed by atoms with Crippen molar-refractivity contribution in [3.8, 4) is 5.69 Å². The molecule has 0 atom stereocenters. The van der Waals surface area contributed by atoms with E-state index in [1.54, 1.807) is 6.07 Å². The number of sulfone groups is 1. The van der Waals surface area contributed by atoms with Crippen LogP contribution in [0, 0.1) is 5.82 Å². The lowest BCUT2D eigenvalue weighted by Crippen LogP contribution is -2.33. The third-order valence-corrected chi connectivity index (χ3v) is 7.00. The molecule has 0 saturated carbocycles. The standard InChI is InChI=1S/C19H10ClFN4O6S/c20-12-1-2-15(17-16(12)18(26)25(28)19(27)23-17)32(29,30)10-5-13(21)11-7-22-24(14(11)6-10)9-3-4-31-8-9/h1-8,28H,(H,23,27). The van der Waals surface area contributed by atoms with Crippen molar-refractivity contribution in [2.75, 3.05) is 0 Å². The summed E-state index contributed by atoms with van der Waals surface area (Å²) in [5.41, 5.74) is -2.29. The molecule has 0 radical (unpaired) electrons. The number of benzene rings is 2. The summed E-state index contributed by atoms with van der Waals surface area (Å²) < 4.78 is 47.7. The maximum atomic E-state index is 14.8. The number of aromatic amines is 1. The van der Waals surface area contributed by atoms with Crippen LogP contribution in [0.25, 0.3) is 27.5 Å². The van der Waals surface area contributed by atoms with E-state index in [0.29, 0.717) is 5.69 Å². The van der Waals surface area contributed by atoms with Crippen molar-refractivity contribution in [2.45, 2.75) is 9.79 Å². The summed E-state index contributed by atoms with van der Waals surface area (Å²) in [4.78, 5) is 25.4. The van der Waals surface area contributed by atoms with E-state index in [1.165, 1.54) is 29.5 Å². The van der Waals surface area contributed by atoms with Gasteiger partial charge in [-0.3, -0.25) is 4.79 Å². The largest absolute Gasteiger partial charge is 0.470 e. The molecule has 0 aliphatic heterocycles. The number of aromatic nitrogens is 4. The van der Waals surface area contributed by atoms with Crippen molar-refractivity contribution in [3.63, 3.8) is 0 Å². The molecule has 32 heavy (non-hydrogen) atoms. The van der Waals surface area contributed by atoms with Crippen LogP contribution in [0.4, 0.5) is 4.39 Å². The molecule has 10 nitrogen and oxygen atoms in total. The number of hydrogen-bond donors (Lipinski definition) is 2. The van der Waals surface area contributed by atoms with E-state index in [4.69, 9.17) is 16.0 Å². The van der Waals surface area contributed by atoms with Crippen LogP contribution in [0.3, 0.4) is 0 Å². The zero-order valence-electron chi connectivity index (χ0n) is 15.6. The van der Waals surface area contributed by atoms with Gasteiger partial charge >= 0.3 is 5.69 Å². The molecule has 0 bridgehead atoms. The van der Waals surface area contributed by atoms with Gasteiger partial charge in [0.25, 0.3) is 5.56 Å². The van der Waals surface area contributed by atoms with E-state index in [2.05, 4.69) is 10.1 Å². The first kappa shape index (κ1) is 20.0. The fourth-order valence-corrected chi connectivity index (χ4v) is 5.09. The van der Waals surface area contributed by atoms with Crippen molar-refractivity contribution < 1.29 is 22.4 Å². The molecule has 0 aliphatic rings. The molecule has 0 unspecified atom stereocenters. The highest BCUT2D eigenvalue weighted by molar-refractivity contribution is 7.91. The van der Waals surface area contributed by atoms with Crippen LogP contribution in [0.15, 0.2) is 72.9 Å². The second-order valence-corrected chi connectivity index (χ2v) is 9.05. The third kappa shape index (κ3) is 2.77. The Morgan fingerprint density at radius 3 is 2.69 bits per heavy atom. The van der Waals surface area contributed by atoms with Crippen molar-refractivity contribution in [1.29, 1.82) is 0 Å². The lowest BCUT2D eigenvalue weighted by molar-refractivity contribution is 0.162. The summed E-state index contributed by atoms with van der Waals surface area (Å²) in [5, 5.41) is 13.1. The summed E-state index contributed by atoms with van der Waals surface area (Å²) in [6, 6.07) is 5.78. The average Bonchev–Trinajstić information content (AvgIpc) is 3.41. The van der Waals surface area contributed by atoms with Crippen LogP contribution in [0.2, 0.25) is 5.02 Å². The summed E-state index contributed by atoms with van der Waals surface area (Å²) in [5.74, 6) is -0.847. The average molecular weight is 477 g/mol. The van der Waals surface area contributed by atoms with Crippen molar-refractivity contribution >= 4 is 43.2 Å². The number of furan rings is 1. The Balaban J connectivity index is 1.82. The van der Waals surface area contributed by atoms with Crippen molar-refractivity contribution in [2.24, 2.45) is 0 Å². The number of rotatable bonds is 3. The van der Waals surface area contributed by atoms with E-state index in [1.807, 2.05) is 0 Å². The van der Waals surface area contributed by atoms with Gasteiger partial charge < -0.3 is 14.6 Å². The molecule has 0 fully saturated rings. The van der Waals surface area contributed by atoms with Crippen molar-refractivity contribution in [1.82, 2.24) is 19.5 Å². The Morgan fingerprint density at radius 1 is 1.19 bits per heavy atom. The fourth-order valence-electron chi connectivity index (χ4n) is 3.40. The van der Waals surface area contributed by atoms with Gasteiger partial charge in [0, 0.05) is 6.07 Å². The van der Waals surface area contributed by atoms with Gasteiger partial charge in [-0.15, -0.1) is 0 Å². The Hall–Kier alpha value is -3.90. The molecular weight excluding hydrogens is 467 g/mol. The van der Waals surface area contributed by atoms with Gasteiger partial charge in [0.05, 0.1) is 49.1 Å². The molecule has 2 aromatic carbocycles. The number of H-pyrrole nitrogens is 1. The Morgan fingerprint density at radius 2 is 1.97 bits per heavy atom. The van der Waals surface area contributed by atoms with Gasteiger partial charge in [-0.25, -0.2) is 22.3 Å². The highest BCUT2D eigenvalue weighted by Crippen LogP contribution is 2.32. The number of halogens is 2. The van der Waals surface area contributed by atoms with E-state index < -0.39 is 47.6 Å². The van der Waals surface area contributed by atoms with E-state index in [-0.39, 0.29) is 20.7 Å². The monoisotopic (exact) mass is 476 g/mol. The van der Waals surface area contributed by atoms with Crippen LogP contribution in [-0.2, 0) is 9.84 Å². The first-order valence-electron chi connectivity index (χ1n) is 8.82. The zero-order chi connectivity index (χ0) is 22.8. The van der Waals surface area contributed by atoms with Crippen LogP contribution in [0.1, 0.15) is 0 Å². The SMILES string of the molecule is O=c1[nH]c2c(S(=O)(=O)c3cc(F)c4cnn(-c5ccoc5)c4c3)ccc(Cl)c2c(=O)n1O. The second kappa shape index (κ2) is 6.80. The topological polar surface area (TPSA) is 140 Å². The van der Waals surface area contributed by atoms with Gasteiger partial charge in [-0.1, -0.05) is 16.3 Å². The molecule has 0 aliphatic carbocycles. The molecule has 0 saturated heterocycles. The van der Waals surface area contributed by atoms with E-state index >= 15 is 0 Å². The first-order valence-corrected chi connectivity index (χ1v) is 10.7. The van der Waals surface area contributed by atoms with Gasteiger partial charge in [0.1, 0.15) is 17.8 Å². The van der Waals surface area contributed by atoms with Gasteiger partial charge in [-0.05, 0) is 24.3 Å². The van der Waals surface area contributed by atoms with Crippen LogP contribution >= 0.6 is 11.6 Å².